The molecule has 0 aromatic heterocycles. The van der Waals surface area contributed by atoms with E-state index < -0.39 is 0 Å². The fourth-order valence-electron chi connectivity index (χ4n) is 3.35. The summed E-state index contributed by atoms with van der Waals surface area (Å²) >= 11 is 5.59. The Kier molecular flexibility index (Phi) is 5.46. The molecule has 1 N–H and O–H groups in total. The number of piperazine rings is 1. The van der Waals surface area contributed by atoms with Crippen LogP contribution in [0.1, 0.15) is 45.4 Å². The molecule has 2 unspecified atom stereocenters. The van der Waals surface area contributed by atoms with Crippen molar-refractivity contribution in [3.63, 3.8) is 0 Å². The lowest BCUT2D eigenvalue weighted by Gasteiger charge is -2.43. The SMILES string of the molecule is CCC1NC(=O)C(C2CCCCC2)N(C/C=C/Cl)C1=O. The molecule has 0 radical (unpaired) electrons. The van der Waals surface area contributed by atoms with E-state index in [4.69, 9.17) is 11.6 Å². The van der Waals surface area contributed by atoms with E-state index in [1.54, 1.807) is 11.0 Å². The number of nitrogens with zero attached hydrogens (tertiary/aromatic N) is 1. The van der Waals surface area contributed by atoms with Gasteiger partial charge in [-0.25, -0.2) is 0 Å². The van der Waals surface area contributed by atoms with Gasteiger partial charge in [0.25, 0.3) is 0 Å². The molecule has 2 fully saturated rings. The molecule has 4 nitrogen and oxygen atoms in total. The second kappa shape index (κ2) is 7.11. The highest BCUT2D eigenvalue weighted by atomic mass is 35.5. The molecular formula is C15H23ClN2O2. The van der Waals surface area contributed by atoms with Crippen LogP contribution in [0.15, 0.2) is 11.6 Å². The predicted octanol–water partition coefficient (Wildman–Crippen LogP) is 2.42. The molecule has 5 heteroatoms. The van der Waals surface area contributed by atoms with Gasteiger partial charge >= 0.3 is 0 Å². The third kappa shape index (κ3) is 3.17. The Balaban J connectivity index is 2.20. The second-order valence-corrected chi connectivity index (χ2v) is 5.92. The van der Waals surface area contributed by atoms with E-state index in [0.29, 0.717) is 13.0 Å². The average molecular weight is 299 g/mol. The van der Waals surface area contributed by atoms with Crippen LogP contribution in [0.4, 0.5) is 0 Å². The monoisotopic (exact) mass is 298 g/mol. The molecule has 0 aromatic carbocycles. The summed E-state index contributed by atoms with van der Waals surface area (Å²) in [5, 5.41) is 2.88. The van der Waals surface area contributed by atoms with E-state index in [1.807, 2.05) is 6.92 Å². The van der Waals surface area contributed by atoms with Crippen LogP contribution >= 0.6 is 11.6 Å². The molecule has 1 heterocycles. The zero-order chi connectivity index (χ0) is 14.5. The minimum absolute atomic E-state index is 0.00585. The molecule has 1 saturated heterocycles. The van der Waals surface area contributed by atoms with E-state index in [2.05, 4.69) is 5.32 Å². The summed E-state index contributed by atoms with van der Waals surface area (Å²) in [6.45, 7) is 2.34. The van der Waals surface area contributed by atoms with Gasteiger partial charge in [-0.05, 0) is 25.2 Å². The van der Waals surface area contributed by atoms with Crippen LogP contribution in [0, 0.1) is 5.92 Å². The fourth-order valence-corrected chi connectivity index (χ4v) is 3.43. The first-order chi connectivity index (χ1) is 9.69. The van der Waals surface area contributed by atoms with Crippen molar-refractivity contribution in [2.24, 2.45) is 5.92 Å². The van der Waals surface area contributed by atoms with Crippen LogP contribution in [0.5, 0.6) is 0 Å². The lowest BCUT2D eigenvalue weighted by Crippen LogP contribution is -2.65. The summed E-state index contributed by atoms with van der Waals surface area (Å²) in [5.41, 5.74) is 1.42. The van der Waals surface area contributed by atoms with Gasteiger partial charge in [0.05, 0.1) is 0 Å². The zero-order valence-corrected chi connectivity index (χ0v) is 12.7. The molecule has 0 bridgehead atoms. The normalized spacial score (nSPS) is 29.0. The number of hydrogen-bond acceptors (Lipinski definition) is 2. The summed E-state index contributed by atoms with van der Waals surface area (Å²) in [7, 11) is 0. The Morgan fingerprint density at radius 2 is 2.00 bits per heavy atom. The lowest BCUT2D eigenvalue weighted by molar-refractivity contribution is -0.151. The quantitative estimate of drug-likeness (QED) is 0.866. The number of rotatable bonds is 4. The molecular weight excluding hydrogens is 276 g/mol. The maximum atomic E-state index is 12.5. The van der Waals surface area contributed by atoms with Crippen LogP contribution in [0.25, 0.3) is 0 Å². The van der Waals surface area contributed by atoms with Crippen molar-refractivity contribution >= 4 is 23.4 Å². The number of carbonyl (C=O) groups excluding carboxylic acids is 2. The van der Waals surface area contributed by atoms with Gasteiger partial charge in [0.15, 0.2) is 0 Å². The summed E-state index contributed by atoms with van der Waals surface area (Å²) < 4.78 is 0. The lowest BCUT2D eigenvalue weighted by atomic mass is 9.81. The standard InChI is InChI=1S/C15H23ClN2O2/c1-2-12-15(20)18(10-6-9-16)13(14(19)17-12)11-7-4-3-5-8-11/h6,9,11-13H,2-5,7-8,10H2,1H3,(H,17,19)/b9-6+. The third-order valence-corrected chi connectivity index (χ3v) is 4.58. The highest BCUT2D eigenvalue weighted by Crippen LogP contribution is 2.31. The van der Waals surface area contributed by atoms with Crippen molar-refractivity contribution in [2.75, 3.05) is 6.54 Å². The van der Waals surface area contributed by atoms with Crippen LogP contribution in [0.3, 0.4) is 0 Å². The van der Waals surface area contributed by atoms with Gasteiger partial charge < -0.3 is 10.2 Å². The van der Waals surface area contributed by atoms with E-state index in [1.165, 1.54) is 12.0 Å². The minimum atomic E-state index is -0.383. The average Bonchev–Trinajstić information content (AvgIpc) is 2.48. The number of amides is 2. The maximum absolute atomic E-state index is 12.5. The van der Waals surface area contributed by atoms with E-state index in [-0.39, 0.29) is 29.8 Å². The van der Waals surface area contributed by atoms with E-state index in [9.17, 15) is 9.59 Å². The van der Waals surface area contributed by atoms with Crippen LogP contribution in [-0.2, 0) is 9.59 Å². The Hall–Kier alpha value is -1.03. The third-order valence-electron chi connectivity index (χ3n) is 4.40. The van der Waals surface area contributed by atoms with Gasteiger partial charge in [-0.3, -0.25) is 9.59 Å². The van der Waals surface area contributed by atoms with Crippen LogP contribution in [-0.4, -0.2) is 35.3 Å². The van der Waals surface area contributed by atoms with Gasteiger partial charge in [0, 0.05) is 12.1 Å². The first-order valence-electron chi connectivity index (χ1n) is 7.55. The number of halogens is 1. The van der Waals surface area contributed by atoms with Crippen molar-refractivity contribution in [1.82, 2.24) is 10.2 Å². The van der Waals surface area contributed by atoms with Crippen molar-refractivity contribution < 1.29 is 9.59 Å². The van der Waals surface area contributed by atoms with E-state index >= 15 is 0 Å². The molecule has 20 heavy (non-hydrogen) atoms. The smallest absolute Gasteiger partial charge is 0.246 e. The summed E-state index contributed by atoms with van der Waals surface area (Å²) in [6, 6.07) is -0.704. The Morgan fingerprint density at radius 1 is 1.30 bits per heavy atom. The van der Waals surface area contributed by atoms with Crippen LogP contribution in [0.2, 0.25) is 0 Å². The molecule has 0 aromatic rings. The predicted molar refractivity (Wildman–Crippen MR) is 79.3 cm³/mol. The van der Waals surface area contributed by atoms with Crippen molar-refractivity contribution in [3.8, 4) is 0 Å². The summed E-state index contributed by atoms with van der Waals surface area (Å²) in [4.78, 5) is 26.6. The fraction of sp³-hybridized carbons (Fsp3) is 0.733. The van der Waals surface area contributed by atoms with E-state index in [0.717, 1.165) is 25.7 Å². The van der Waals surface area contributed by atoms with Crippen LogP contribution < -0.4 is 5.32 Å². The van der Waals surface area contributed by atoms with Gasteiger partial charge in [0.1, 0.15) is 12.1 Å². The van der Waals surface area contributed by atoms with Crippen molar-refractivity contribution in [1.29, 1.82) is 0 Å². The first-order valence-corrected chi connectivity index (χ1v) is 7.98. The molecule has 112 valence electrons. The minimum Gasteiger partial charge on any atom is -0.343 e. The summed E-state index contributed by atoms with van der Waals surface area (Å²) in [5.74, 6) is 0.318. The largest absolute Gasteiger partial charge is 0.343 e. The molecule has 1 aliphatic carbocycles. The zero-order valence-electron chi connectivity index (χ0n) is 12.0. The second-order valence-electron chi connectivity index (χ2n) is 5.66. The van der Waals surface area contributed by atoms with Gasteiger partial charge in [-0.1, -0.05) is 43.9 Å². The van der Waals surface area contributed by atoms with Crippen molar-refractivity contribution in [2.45, 2.75) is 57.5 Å². The highest BCUT2D eigenvalue weighted by Gasteiger charge is 2.43. The Bertz CT molecular complexity index is 391. The molecule has 2 amide bonds. The number of hydrogen-bond donors (Lipinski definition) is 1. The van der Waals surface area contributed by atoms with Gasteiger partial charge in [-0.2, -0.15) is 0 Å². The first kappa shape index (κ1) is 15.4. The Morgan fingerprint density at radius 3 is 2.60 bits per heavy atom. The van der Waals surface area contributed by atoms with Gasteiger partial charge in [0.2, 0.25) is 11.8 Å². The Labute approximate surface area is 125 Å². The molecule has 1 saturated carbocycles. The molecule has 0 spiro atoms. The molecule has 2 rings (SSSR count). The molecule has 2 aliphatic rings. The number of nitrogens with one attached hydrogen (secondary N) is 1. The van der Waals surface area contributed by atoms with Crippen molar-refractivity contribution in [3.05, 3.63) is 11.6 Å². The molecule has 1 aliphatic heterocycles. The van der Waals surface area contributed by atoms with Gasteiger partial charge in [-0.15, -0.1) is 0 Å². The molecule has 2 atom stereocenters. The summed E-state index contributed by atoms with van der Waals surface area (Å²) in [6.07, 6.45) is 7.96. The highest BCUT2D eigenvalue weighted by molar-refractivity contribution is 6.25. The topological polar surface area (TPSA) is 49.4 Å². The maximum Gasteiger partial charge on any atom is 0.246 e. The number of carbonyl (C=O) groups is 2.